The van der Waals surface area contributed by atoms with Crippen molar-refractivity contribution in [3.63, 3.8) is 0 Å². The molecule has 28 heavy (non-hydrogen) atoms. The van der Waals surface area contributed by atoms with Gasteiger partial charge in [-0.05, 0) is 48.5 Å². The average molecular weight is 395 g/mol. The highest BCUT2D eigenvalue weighted by Gasteiger charge is 2.15. The number of urea groups is 1. The number of carbonyl (C=O) groups excluding carboxylic acids is 1. The molecule has 0 saturated heterocycles. The zero-order chi connectivity index (χ0) is 19.5. The Morgan fingerprint density at radius 1 is 1.04 bits per heavy atom. The van der Waals surface area contributed by atoms with Gasteiger partial charge < -0.3 is 9.73 Å². The van der Waals surface area contributed by atoms with E-state index in [-0.39, 0.29) is 6.54 Å². The van der Waals surface area contributed by atoms with Crippen LogP contribution < -0.4 is 16.3 Å². The van der Waals surface area contributed by atoms with Gasteiger partial charge in [-0.2, -0.15) is 4.98 Å². The lowest BCUT2D eigenvalue weighted by molar-refractivity contribution is 0.262. The Balaban J connectivity index is 1.71. The zero-order valence-electron chi connectivity index (χ0n) is 14.6. The Hall–Kier alpha value is -3.58. The van der Waals surface area contributed by atoms with Crippen molar-refractivity contribution in [3.8, 4) is 0 Å². The van der Waals surface area contributed by atoms with E-state index < -0.39 is 11.7 Å². The Morgan fingerprint density at radius 3 is 2.57 bits per heavy atom. The third-order valence-electron chi connectivity index (χ3n) is 4.10. The molecule has 2 heterocycles. The number of rotatable bonds is 4. The fourth-order valence-corrected chi connectivity index (χ4v) is 2.94. The van der Waals surface area contributed by atoms with Crippen LogP contribution in [0.5, 0.6) is 0 Å². The minimum absolute atomic E-state index is 0.139. The number of fused-ring (bicyclic) bond motifs is 1. The molecule has 8 heteroatoms. The lowest BCUT2D eigenvalue weighted by Gasteiger charge is -2.15. The molecule has 0 unspecified atom stereocenters. The van der Waals surface area contributed by atoms with E-state index in [9.17, 15) is 9.59 Å². The van der Waals surface area contributed by atoms with E-state index in [1.54, 1.807) is 54.6 Å². The summed E-state index contributed by atoms with van der Waals surface area (Å²) in [5.74, 6) is 0.902. The molecule has 0 aliphatic heterocycles. The third kappa shape index (κ3) is 3.74. The lowest BCUT2D eigenvalue weighted by atomic mass is 10.2. The van der Waals surface area contributed by atoms with Gasteiger partial charge in [-0.3, -0.25) is 9.88 Å². The van der Waals surface area contributed by atoms with Gasteiger partial charge in [-0.15, -0.1) is 0 Å². The highest BCUT2D eigenvalue weighted by molar-refractivity contribution is 6.30. The van der Waals surface area contributed by atoms with E-state index in [1.807, 2.05) is 6.07 Å². The monoisotopic (exact) mass is 394 g/mol. The van der Waals surface area contributed by atoms with Gasteiger partial charge in [-0.1, -0.05) is 23.7 Å². The summed E-state index contributed by atoms with van der Waals surface area (Å²) < 4.78 is 6.71. The fourth-order valence-electron chi connectivity index (χ4n) is 2.82. The number of amides is 2. The van der Waals surface area contributed by atoms with Crippen LogP contribution in [0.1, 0.15) is 5.76 Å². The summed E-state index contributed by atoms with van der Waals surface area (Å²) in [4.78, 5) is 29.2. The summed E-state index contributed by atoms with van der Waals surface area (Å²) in [6.45, 7) is 0.139. The second-order valence-corrected chi connectivity index (χ2v) is 6.45. The summed E-state index contributed by atoms with van der Waals surface area (Å²) >= 11 is 5.87. The van der Waals surface area contributed by atoms with Gasteiger partial charge in [-0.25, -0.2) is 9.59 Å². The van der Waals surface area contributed by atoms with Crippen molar-refractivity contribution in [2.24, 2.45) is 0 Å². The van der Waals surface area contributed by atoms with Crippen molar-refractivity contribution >= 4 is 40.0 Å². The third-order valence-corrected chi connectivity index (χ3v) is 4.36. The van der Waals surface area contributed by atoms with Crippen LogP contribution in [0.3, 0.4) is 0 Å². The maximum Gasteiger partial charge on any atom is 0.350 e. The summed E-state index contributed by atoms with van der Waals surface area (Å²) in [5.41, 5.74) is 0.571. The molecule has 2 aromatic heterocycles. The van der Waals surface area contributed by atoms with E-state index in [0.29, 0.717) is 33.2 Å². The standard InChI is InChI=1S/C20H15ClN4O3/c21-13-7-9-14(10-8-13)22-19(26)24-18-16-5-1-2-6-17(16)23-20(27)25(18)12-15-4-3-11-28-15/h1-11H,12H2,(H2,22,24,26). The Labute approximate surface area is 164 Å². The second kappa shape index (κ2) is 7.58. The lowest BCUT2D eigenvalue weighted by Crippen LogP contribution is -2.30. The predicted octanol–water partition coefficient (Wildman–Crippen LogP) is 4.34. The molecular weight excluding hydrogens is 380 g/mol. The molecule has 0 aliphatic carbocycles. The number of furan rings is 1. The number of hydrogen-bond donors (Lipinski definition) is 2. The van der Waals surface area contributed by atoms with Gasteiger partial charge >= 0.3 is 11.7 Å². The van der Waals surface area contributed by atoms with E-state index in [1.165, 1.54) is 10.8 Å². The normalized spacial score (nSPS) is 10.8. The van der Waals surface area contributed by atoms with Gasteiger partial charge in [0, 0.05) is 16.1 Å². The first kappa shape index (κ1) is 17.8. The molecule has 0 aliphatic rings. The molecule has 0 spiro atoms. The molecule has 0 fully saturated rings. The second-order valence-electron chi connectivity index (χ2n) is 6.01. The number of carbonyl (C=O) groups is 1. The quantitative estimate of drug-likeness (QED) is 0.539. The number of benzene rings is 2. The minimum Gasteiger partial charge on any atom is -0.467 e. The van der Waals surface area contributed by atoms with Crippen LogP contribution in [0.2, 0.25) is 5.02 Å². The molecule has 2 N–H and O–H groups in total. The van der Waals surface area contributed by atoms with E-state index in [0.717, 1.165) is 0 Å². The van der Waals surface area contributed by atoms with Crippen molar-refractivity contribution in [1.82, 2.24) is 9.55 Å². The summed E-state index contributed by atoms with van der Waals surface area (Å²) in [6.07, 6.45) is 1.52. The average Bonchev–Trinajstić information content (AvgIpc) is 3.19. The fraction of sp³-hybridized carbons (Fsp3) is 0.0500. The highest BCUT2D eigenvalue weighted by atomic mass is 35.5. The molecule has 2 aromatic carbocycles. The van der Waals surface area contributed by atoms with Gasteiger partial charge in [0.1, 0.15) is 11.6 Å². The largest absolute Gasteiger partial charge is 0.467 e. The Morgan fingerprint density at radius 2 is 1.82 bits per heavy atom. The van der Waals surface area contributed by atoms with Gasteiger partial charge in [0.2, 0.25) is 0 Å². The van der Waals surface area contributed by atoms with Crippen LogP contribution in [-0.2, 0) is 6.54 Å². The molecule has 7 nitrogen and oxygen atoms in total. The highest BCUT2D eigenvalue weighted by Crippen LogP contribution is 2.21. The van der Waals surface area contributed by atoms with Crippen LogP contribution >= 0.6 is 11.6 Å². The first-order valence-electron chi connectivity index (χ1n) is 8.46. The SMILES string of the molecule is O=C(Nc1ccc(Cl)cc1)Nc1c2ccccc2nc(=O)n1Cc1ccco1. The molecule has 0 bridgehead atoms. The van der Waals surface area contributed by atoms with Gasteiger partial charge in [0.15, 0.2) is 0 Å². The van der Waals surface area contributed by atoms with Crippen LogP contribution in [0, 0.1) is 0 Å². The Bertz CT molecular complexity index is 1180. The number of anilines is 2. The van der Waals surface area contributed by atoms with Crippen LogP contribution in [0.15, 0.2) is 76.1 Å². The number of aromatic nitrogens is 2. The first-order valence-corrected chi connectivity index (χ1v) is 8.83. The van der Waals surface area contributed by atoms with Crippen LogP contribution in [0.4, 0.5) is 16.3 Å². The molecule has 0 saturated carbocycles. The topological polar surface area (TPSA) is 89.2 Å². The molecule has 4 aromatic rings. The van der Waals surface area contributed by atoms with E-state index >= 15 is 0 Å². The van der Waals surface area contributed by atoms with E-state index in [4.69, 9.17) is 16.0 Å². The molecule has 2 amide bonds. The van der Waals surface area contributed by atoms with Crippen molar-refractivity contribution in [1.29, 1.82) is 0 Å². The van der Waals surface area contributed by atoms with Crippen molar-refractivity contribution in [2.45, 2.75) is 6.54 Å². The molecule has 0 radical (unpaired) electrons. The number of nitrogens with one attached hydrogen (secondary N) is 2. The molecule has 140 valence electrons. The zero-order valence-corrected chi connectivity index (χ0v) is 15.3. The van der Waals surface area contributed by atoms with Crippen molar-refractivity contribution in [2.75, 3.05) is 10.6 Å². The Kier molecular flexibility index (Phi) is 4.82. The molecule has 4 rings (SSSR count). The summed E-state index contributed by atoms with van der Waals surface area (Å²) in [5, 5.41) is 6.69. The van der Waals surface area contributed by atoms with Gasteiger partial charge in [0.25, 0.3) is 0 Å². The number of hydrogen-bond acceptors (Lipinski definition) is 4. The van der Waals surface area contributed by atoms with Crippen molar-refractivity contribution < 1.29 is 9.21 Å². The van der Waals surface area contributed by atoms with Gasteiger partial charge in [0.05, 0.1) is 18.3 Å². The maximum absolute atomic E-state index is 12.6. The number of halogens is 1. The van der Waals surface area contributed by atoms with Crippen LogP contribution in [-0.4, -0.2) is 15.6 Å². The van der Waals surface area contributed by atoms with Crippen LogP contribution in [0.25, 0.3) is 10.9 Å². The molecule has 0 atom stereocenters. The number of nitrogens with zero attached hydrogens (tertiary/aromatic N) is 2. The molecular formula is C20H15ClN4O3. The smallest absolute Gasteiger partial charge is 0.350 e. The van der Waals surface area contributed by atoms with Crippen molar-refractivity contribution in [3.05, 3.63) is 88.2 Å². The maximum atomic E-state index is 12.6. The minimum atomic E-state index is -0.494. The summed E-state index contributed by atoms with van der Waals surface area (Å²) in [6, 6.07) is 16.8. The first-order chi connectivity index (χ1) is 13.6. The van der Waals surface area contributed by atoms with E-state index in [2.05, 4.69) is 15.6 Å². The number of para-hydroxylation sites is 1. The summed E-state index contributed by atoms with van der Waals surface area (Å²) in [7, 11) is 0. The predicted molar refractivity (Wildman–Crippen MR) is 108 cm³/mol.